The molecule has 0 aromatic heterocycles. The van der Waals surface area contributed by atoms with Gasteiger partial charge in [-0.05, 0) is 19.8 Å². The summed E-state index contributed by atoms with van der Waals surface area (Å²) in [5.41, 5.74) is 6.25. The van der Waals surface area contributed by atoms with Gasteiger partial charge in [0.25, 0.3) is 0 Å². The Morgan fingerprint density at radius 2 is 1.89 bits per heavy atom. The maximum Gasteiger partial charge on any atom is 0.217 e. The van der Waals surface area contributed by atoms with Crippen LogP contribution in [0.4, 0.5) is 0 Å². The fraction of sp³-hybridized carbons (Fsp3) is 0.905. The van der Waals surface area contributed by atoms with Gasteiger partial charge in [-0.3, -0.25) is 0 Å². The number of ether oxygens (including phenoxy) is 5. The summed E-state index contributed by atoms with van der Waals surface area (Å²) in [6.07, 6.45) is 8.72. The van der Waals surface area contributed by atoms with Crippen molar-refractivity contribution in [2.75, 3.05) is 27.4 Å². The zero-order valence-corrected chi connectivity index (χ0v) is 18.0. The lowest BCUT2D eigenvalue weighted by molar-refractivity contribution is -0.260. The third-order valence-corrected chi connectivity index (χ3v) is 5.11. The lowest BCUT2D eigenvalue weighted by atomic mass is 9.97. The summed E-state index contributed by atoms with van der Waals surface area (Å²) in [6.45, 7) is 4.76. The van der Waals surface area contributed by atoms with Gasteiger partial charge in [0.2, 0.25) is 6.29 Å². The predicted molar refractivity (Wildman–Crippen MR) is 109 cm³/mol. The molecule has 0 aromatic rings. The maximum absolute atomic E-state index is 10.6. The van der Waals surface area contributed by atoms with Crippen LogP contribution in [0, 0.1) is 0 Å². The molecule has 0 aliphatic carbocycles. The van der Waals surface area contributed by atoms with E-state index in [0.717, 1.165) is 19.3 Å². The summed E-state index contributed by atoms with van der Waals surface area (Å²) in [4.78, 5) is 0. The predicted octanol–water partition coefficient (Wildman–Crippen LogP) is 2.75. The number of hydrogen-bond acceptors (Lipinski definition) is 7. The molecule has 0 unspecified atom stereocenters. The molecule has 0 radical (unpaired) electrons. The Morgan fingerprint density at radius 3 is 2.54 bits per heavy atom. The molecule has 0 bridgehead atoms. The minimum Gasteiger partial charge on any atom is -0.471 e. The molecular weight excluding hydrogens is 362 g/mol. The topological polar surface area (TPSA) is 92.4 Å². The highest BCUT2D eigenvalue weighted by Crippen LogP contribution is 2.24. The minimum absolute atomic E-state index is 0.152. The van der Waals surface area contributed by atoms with Crippen molar-refractivity contribution in [2.24, 2.45) is 5.73 Å². The molecule has 1 saturated heterocycles. The molecule has 0 aromatic carbocycles. The molecule has 3 N–H and O–H groups in total. The van der Waals surface area contributed by atoms with Crippen LogP contribution in [0.3, 0.4) is 0 Å². The smallest absolute Gasteiger partial charge is 0.217 e. The first-order valence-electron chi connectivity index (χ1n) is 10.6. The number of hydrogen-bond donors (Lipinski definition) is 2. The van der Waals surface area contributed by atoms with E-state index in [1.807, 2.05) is 6.92 Å². The Morgan fingerprint density at radius 1 is 1.14 bits per heavy atom. The number of rotatable bonds is 15. The van der Waals surface area contributed by atoms with E-state index >= 15 is 0 Å². The summed E-state index contributed by atoms with van der Waals surface area (Å²) in [7, 11) is 3.30. The van der Waals surface area contributed by atoms with Crippen LogP contribution in [-0.4, -0.2) is 69.3 Å². The van der Waals surface area contributed by atoms with Gasteiger partial charge in [-0.2, -0.15) is 0 Å². The van der Waals surface area contributed by atoms with Crippen molar-refractivity contribution in [3.05, 3.63) is 12.3 Å². The molecule has 1 rings (SSSR count). The van der Waals surface area contributed by atoms with Gasteiger partial charge in [-0.1, -0.05) is 45.1 Å². The Bertz CT molecular complexity index is 408. The largest absolute Gasteiger partial charge is 0.471 e. The molecule has 6 atom stereocenters. The Balaban J connectivity index is 2.50. The second-order valence-corrected chi connectivity index (χ2v) is 7.36. The summed E-state index contributed by atoms with van der Waals surface area (Å²) < 4.78 is 28.0. The van der Waals surface area contributed by atoms with Crippen LogP contribution in [0.2, 0.25) is 0 Å². The summed E-state index contributed by atoms with van der Waals surface area (Å²) in [5.74, 6) is 0. The molecule has 1 aliphatic rings. The first kappa shape index (κ1) is 25.3. The van der Waals surface area contributed by atoms with Crippen molar-refractivity contribution in [1.82, 2.24) is 0 Å². The molecule has 1 heterocycles. The quantitative estimate of drug-likeness (QED) is 0.321. The number of unbranched alkanes of at least 4 members (excludes halogenated alkanes) is 4. The van der Waals surface area contributed by atoms with Gasteiger partial charge >= 0.3 is 0 Å². The second-order valence-electron chi connectivity index (χ2n) is 7.36. The van der Waals surface area contributed by atoms with Crippen molar-refractivity contribution >= 4 is 0 Å². The van der Waals surface area contributed by atoms with E-state index in [4.69, 9.17) is 29.4 Å². The van der Waals surface area contributed by atoms with E-state index in [0.29, 0.717) is 6.61 Å². The van der Waals surface area contributed by atoms with Gasteiger partial charge in [-0.25, -0.2) is 0 Å². The summed E-state index contributed by atoms with van der Waals surface area (Å²) in [6, 6.07) is -0.602. The first-order valence-corrected chi connectivity index (χ1v) is 10.6. The number of methoxy groups -OCH3 is 2. The van der Waals surface area contributed by atoms with Crippen LogP contribution in [-0.2, 0) is 23.7 Å². The molecule has 0 spiro atoms. The molecule has 0 amide bonds. The van der Waals surface area contributed by atoms with Crippen molar-refractivity contribution < 1.29 is 28.8 Å². The van der Waals surface area contributed by atoms with E-state index in [1.165, 1.54) is 31.9 Å². The Kier molecular flexibility index (Phi) is 13.7. The number of aliphatic hydroxyl groups is 1. The molecule has 7 nitrogen and oxygen atoms in total. The van der Waals surface area contributed by atoms with Gasteiger partial charge in [0, 0.05) is 20.8 Å². The highest BCUT2D eigenvalue weighted by molar-refractivity contribution is 4.93. The SMILES string of the molecule is C/C=C\O[C@H]1O[C@H](COC)[C@@H](O)[C@H](OCC[C@@H](CCCCCCC)OC)[C@H]1N. The van der Waals surface area contributed by atoms with E-state index in [1.54, 1.807) is 20.3 Å². The van der Waals surface area contributed by atoms with E-state index in [9.17, 15) is 5.11 Å². The Hall–Kier alpha value is -0.700. The monoisotopic (exact) mass is 403 g/mol. The molecular formula is C21H41NO6. The van der Waals surface area contributed by atoms with Crippen molar-refractivity contribution in [1.29, 1.82) is 0 Å². The van der Waals surface area contributed by atoms with E-state index in [2.05, 4.69) is 6.92 Å². The second kappa shape index (κ2) is 15.2. The molecule has 166 valence electrons. The molecule has 28 heavy (non-hydrogen) atoms. The fourth-order valence-corrected chi connectivity index (χ4v) is 3.42. The van der Waals surface area contributed by atoms with Crippen LogP contribution in [0.15, 0.2) is 12.3 Å². The van der Waals surface area contributed by atoms with E-state index in [-0.39, 0.29) is 12.7 Å². The fourth-order valence-electron chi connectivity index (χ4n) is 3.42. The van der Waals surface area contributed by atoms with Crippen molar-refractivity contribution in [3.8, 4) is 0 Å². The van der Waals surface area contributed by atoms with Crippen LogP contribution < -0.4 is 5.73 Å². The highest BCUT2D eigenvalue weighted by atomic mass is 16.7. The zero-order valence-electron chi connectivity index (χ0n) is 18.0. The minimum atomic E-state index is -0.879. The summed E-state index contributed by atoms with van der Waals surface area (Å²) >= 11 is 0. The highest BCUT2D eigenvalue weighted by Gasteiger charge is 2.45. The van der Waals surface area contributed by atoms with E-state index < -0.39 is 30.6 Å². The van der Waals surface area contributed by atoms with Gasteiger partial charge in [0.1, 0.15) is 18.3 Å². The molecule has 0 saturated carbocycles. The lowest BCUT2D eigenvalue weighted by Crippen LogP contribution is -2.63. The Labute approximate surface area is 170 Å². The van der Waals surface area contributed by atoms with Crippen LogP contribution in [0.5, 0.6) is 0 Å². The van der Waals surface area contributed by atoms with Crippen molar-refractivity contribution in [2.45, 2.75) is 95.5 Å². The van der Waals surface area contributed by atoms with Gasteiger partial charge in [0.15, 0.2) is 0 Å². The van der Waals surface area contributed by atoms with Gasteiger partial charge < -0.3 is 34.5 Å². The number of allylic oxidation sites excluding steroid dienone is 1. The third-order valence-electron chi connectivity index (χ3n) is 5.11. The molecule has 7 heteroatoms. The summed E-state index contributed by atoms with van der Waals surface area (Å²) in [5, 5.41) is 10.6. The van der Waals surface area contributed by atoms with Gasteiger partial charge in [0.05, 0.1) is 25.0 Å². The molecule has 1 aliphatic heterocycles. The van der Waals surface area contributed by atoms with Crippen LogP contribution >= 0.6 is 0 Å². The average Bonchev–Trinajstić information content (AvgIpc) is 2.70. The van der Waals surface area contributed by atoms with Crippen molar-refractivity contribution in [3.63, 3.8) is 0 Å². The maximum atomic E-state index is 10.6. The standard InChI is InChI=1S/C21H41NO6/c1-5-7-8-9-10-11-16(25-4)12-14-26-20-18(22)21(27-13-6-2)28-17(15-24-3)19(20)23/h6,13,16-21,23H,5,7-12,14-15,22H2,1-4H3/b13-6-/t16-,17-,18-,19-,20-,21+/m1/s1. The lowest BCUT2D eigenvalue weighted by Gasteiger charge is -2.42. The van der Waals surface area contributed by atoms with Crippen LogP contribution in [0.1, 0.15) is 58.8 Å². The van der Waals surface area contributed by atoms with Gasteiger partial charge in [-0.15, -0.1) is 0 Å². The normalized spacial score (nSPS) is 29.3. The first-order chi connectivity index (χ1) is 13.6. The van der Waals surface area contributed by atoms with Crippen LogP contribution in [0.25, 0.3) is 0 Å². The zero-order chi connectivity index (χ0) is 20.8. The number of nitrogens with two attached hydrogens (primary N) is 1. The number of aliphatic hydroxyl groups excluding tert-OH is 1. The third kappa shape index (κ3) is 8.76. The molecule has 1 fully saturated rings. The average molecular weight is 404 g/mol.